The number of nitrogens with two attached hydrogens (primary N) is 1. The van der Waals surface area contributed by atoms with Gasteiger partial charge in [-0.3, -0.25) is 4.79 Å². The van der Waals surface area contributed by atoms with Crippen molar-refractivity contribution in [2.45, 2.75) is 19.6 Å². The third kappa shape index (κ3) is 5.92. The molecule has 4 N–H and O–H groups in total. The Morgan fingerprint density at radius 2 is 1.88 bits per heavy atom. The van der Waals surface area contributed by atoms with Gasteiger partial charge in [0, 0.05) is 23.7 Å². The summed E-state index contributed by atoms with van der Waals surface area (Å²) in [5, 5.41) is 11.8. The molecule has 0 spiro atoms. The molecule has 0 fully saturated rings. The summed E-state index contributed by atoms with van der Waals surface area (Å²) in [4.78, 5) is 12.0. The van der Waals surface area contributed by atoms with Gasteiger partial charge in [0.25, 0.3) is 5.91 Å². The van der Waals surface area contributed by atoms with E-state index < -0.39 is 0 Å². The minimum atomic E-state index is -0.135. The van der Waals surface area contributed by atoms with Gasteiger partial charge in [-0.1, -0.05) is 36.1 Å². The number of nitrogens with one attached hydrogen (secondary N) is 1. The maximum absolute atomic E-state index is 12.0. The van der Waals surface area contributed by atoms with Crippen LogP contribution in [0.2, 0.25) is 0 Å². The number of hydrogen-bond acceptors (Lipinski definition) is 3. The van der Waals surface area contributed by atoms with Crippen LogP contribution in [-0.4, -0.2) is 23.6 Å². The molecule has 128 valence electrons. The van der Waals surface area contributed by atoms with Crippen molar-refractivity contribution >= 4 is 12.0 Å². The lowest BCUT2D eigenvalue weighted by atomic mass is 10.1. The van der Waals surface area contributed by atoms with E-state index in [-0.39, 0.29) is 18.6 Å². The third-order valence-electron chi connectivity index (χ3n) is 3.62. The van der Waals surface area contributed by atoms with E-state index in [2.05, 4.69) is 17.2 Å². The first kappa shape index (κ1) is 18.5. The molecule has 2 rings (SSSR count). The van der Waals surface area contributed by atoms with Crippen molar-refractivity contribution in [1.29, 1.82) is 0 Å². The van der Waals surface area contributed by atoms with Crippen LogP contribution in [0.25, 0.3) is 6.08 Å². The van der Waals surface area contributed by atoms with E-state index >= 15 is 0 Å². The third-order valence-corrected chi connectivity index (χ3v) is 3.62. The van der Waals surface area contributed by atoms with Crippen LogP contribution in [0.1, 0.15) is 34.0 Å². The summed E-state index contributed by atoms with van der Waals surface area (Å²) in [5.41, 5.74) is 8.83. The predicted octanol–water partition coefficient (Wildman–Crippen LogP) is 2.32. The number of rotatable bonds is 5. The summed E-state index contributed by atoms with van der Waals surface area (Å²) in [6.45, 7) is 2.31. The van der Waals surface area contributed by atoms with E-state index in [0.717, 1.165) is 16.7 Å². The van der Waals surface area contributed by atoms with E-state index in [0.29, 0.717) is 12.1 Å². The van der Waals surface area contributed by atoms with Crippen LogP contribution in [0.15, 0.2) is 54.6 Å². The Kier molecular flexibility index (Phi) is 6.97. The summed E-state index contributed by atoms with van der Waals surface area (Å²) >= 11 is 0. The standard InChI is InChI=1S/C21H22N2O2/c1-16(14-22)23-21(25)20-12-10-18(11-13-20)5-3-2-4-17-6-8-19(15-24)9-7-17/h2,4,6-13,16,24H,14-15,22H2,1H3,(H,23,25)/b4-2+. The summed E-state index contributed by atoms with van der Waals surface area (Å²) in [5.74, 6) is 5.86. The average Bonchev–Trinajstić information content (AvgIpc) is 2.66. The molecule has 0 heterocycles. The van der Waals surface area contributed by atoms with Crippen molar-refractivity contribution in [3.8, 4) is 11.8 Å². The Morgan fingerprint density at radius 1 is 1.20 bits per heavy atom. The van der Waals surface area contributed by atoms with Crippen molar-refractivity contribution in [3.63, 3.8) is 0 Å². The van der Waals surface area contributed by atoms with Gasteiger partial charge in [0.05, 0.1) is 6.61 Å². The first-order valence-electron chi connectivity index (χ1n) is 8.11. The number of amides is 1. The fraction of sp³-hybridized carbons (Fsp3) is 0.190. The molecule has 25 heavy (non-hydrogen) atoms. The van der Waals surface area contributed by atoms with Gasteiger partial charge in [-0.2, -0.15) is 0 Å². The second-order valence-corrected chi connectivity index (χ2v) is 5.69. The quantitative estimate of drug-likeness (QED) is 0.735. The Labute approximate surface area is 148 Å². The second-order valence-electron chi connectivity index (χ2n) is 5.69. The topological polar surface area (TPSA) is 75.3 Å². The maximum atomic E-state index is 12.0. The van der Waals surface area contributed by atoms with Gasteiger partial charge >= 0.3 is 0 Å². The van der Waals surface area contributed by atoms with Gasteiger partial charge < -0.3 is 16.2 Å². The minimum Gasteiger partial charge on any atom is -0.392 e. The number of aliphatic hydroxyl groups excluding tert-OH is 1. The molecule has 0 aliphatic heterocycles. The van der Waals surface area contributed by atoms with E-state index in [1.165, 1.54) is 0 Å². The van der Waals surface area contributed by atoms with Crippen LogP contribution in [0.3, 0.4) is 0 Å². The van der Waals surface area contributed by atoms with Crippen molar-refractivity contribution in [2.24, 2.45) is 5.73 Å². The first-order chi connectivity index (χ1) is 12.1. The maximum Gasteiger partial charge on any atom is 0.251 e. The SMILES string of the molecule is CC(CN)NC(=O)c1ccc(C#C/C=C/c2ccc(CO)cc2)cc1. The molecular weight excluding hydrogens is 312 g/mol. The molecule has 0 aliphatic rings. The van der Waals surface area contributed by atoms with Crippen LogP contribution in [0.5, 0.6) is 0 Å². The fourth-order valence-electron chi connectivity index (χ4n) is 2.07. The van der Waals surface area contributed by atoms with Crippen LogP contribution in [0, 0.1) is 11.8 Å². The summed E-state index contributed by atoms with van der Waals surface area (Å²) < 4.78 is 0. The molecule has 1 amide bonds. The van der Waals surface area contributed by atoms with Crippen LogP contribution in [-0.2, 0) is 6.61 Å². The number of allylic oxidation sites excluding steroid dienone is 1. The van der Waals surface area contributed by atoms with Gasteiger partial charge in [0.2, 0.25) is 0 Å². The molecule has 2 aromatic carbocycles. The molecule has 0 saturated heterocycles. The smallest absolute Gasteiger partial charge is 0.251 e. The lowest BCUT2D eigenvalue weighted by Gasteiger charge is -2.10. The molecule has 2 aromatic rings. The van der Waals surface area contributed by atoms with Crippen molar-refractivity contribution in [1.82, 2.24) is 5.32 Å². The predicted molar refractivity (Wildman–Crippen MR) is 101 cm³/mol. The fourth-order valence-corrected chi connectivity index (χ4v) is 2.07. The summed E-state index contributed by atoms with van der Waals surface area (Å²) in [7, 11) is 0. The molecule has 0 aromatic heterocycles. The largest absolute Gasteiger partial charge is 0.392 e. The molecule has 1 unspecified atom stereocenters. The molecule has 0 radical (unpaired) electrons. The number of hydrogen-bond donors (Lipinski definition) is 3. The van der Waals surface area contributed by atoms with E-state index in [9.17, 15) is 4.79 Å². The molecular formula is C21H22N2O2. The second kappa shape index (κ2) is 9.43. The van der Waals surface area contributed by atoms with Gasteiger partial charge in [-0.15, -0.1) is 0 Å². The number of benzene rings is 2. The van der Waals surface area contributed by atoms with Gasteiger partial charge in [-0.05, 0) is 54.5 Å². The number of carbonyl (C=O) groups is 1. The first-order valence-corrected chi connectivity index (χ1v) is 8.11. The van der Waals surface area contributed by atoms with Crippen molar-refractivity contribution in [3.05, 3.63) is 76.9 Å². The van der Waals surface area contributed by atoms with Crippen LogP contribution in [0.4, 0.5) is 0 Å². The van der Waals surface area contributed by atoms with Crippen molar-refractivity contribution < 1.29 is 9.90 Å². The summed E-state index contributed by atoms with van der Waals surface area (Å²) in [6, 6.07) is 14.7. The molecule has 0 aliphatic carbocycles. The highest BCUT2D eigenvalue weighted by atomic mass is 16.3. The zero-order valence-electron chi connectivity index (χ0n) is 14.2. The monoisotopic (exact) mass is 334 g/mol. The van der Waals surface area contributed by atoms with E-state index in [1.54, 1.807) is 18.2 Å². The van der Waals surface area contributed by atoms with Crippen molar-refractivity contribution in [2.75, 3.05) is 6.54 Å². The number of aliphatic hydroxyl groups is 1. The van der Waals surface area contributed by atoms with E-state index in [4.69, 9.17) is 10.8 Å². The Bertz CT molecular complexity index is 781. The van der Waals surface area contributed by atoms with E-state index in [1.807, 2.05) is 49.4 Å². The highest BCUT2D eigenvalue weighted by Gasteiger charge is 2.07. The molecule has 1 atom stereocenters. The van der Waals surface area contributed by atoms with Gasteiger partial charge in [0.15, 0.2) is 0 Å². The van der Waals surface area contributed by atoms with Crippen LogP contribution >= 0.6 is 0 Å². The molecule has 0 saturated carbocycles. The molecule has 4 nitrogen and oxygen atoms in total. The summed E-state index contributed by atoms with van der Waals surface area (Å²) in [6.07, 6.45) is 3.68. The zero-order valence-corrected chi connectivity index (χ0v) is 14.2. The highest BCUT2D eigenvalue weighted by molar-refractivity contribution is 5.94. The minimum absolute atomic E-state index is 0.0446. The normalized spacial score (nSPS) is 11.6. The lowest BCUT2D eigenvalue weighted by molar-refractivity contribution is 0.0941. The average molecular weight is 334 g/mol. The highest BCUT2D eigenvalue weighted by Crippen LogP contribution is 2.06. The van der Waals surface area contributed by atoms with Gasteiger partial charge in [0.1, 0.15) is 0 Å². The lowest BCUT2D eigenvalue weighted by Crippen LogP contribution is -2.37. The Hall–Kier alpha value is -2.87. The Balaban J connectivity index is 1.96. The van der Waals surface area contributed by atoms with Crippen LogP contribution < -0.4 is 11.1 Å². The Morgan fingerprint density at radius 3 is 2.48 bits per heavy atom. The zero-order chi connectivity index (χ0) is 18.1. The molecule has 0 bridgehead atoms. The molecule has 4 heteroatoms. The van der Waals surface area contributed by atoms with Gasteiger partial charge in [-0.25, -0.2) is 0 Å². The number of carbonyl (C=O) groups excluding carboxylic acids is 1.